The summed E-state index contributed by atoms with van der Waals surface area (Å²) >= 11 is 0. The molecule has 1 unspecified atom stereocenters. The molecular weight excluding hydrogens is 252 g/mol. The van der Waals surface area contributed by atoms with Gasteiger partial charge in [-0.05, 0) is 46.0 Å². The first kappa shape index (κ1) is 16.8. The Kier molecular flexibility index (Phi) is 6.82. The average molecular weight is 280 g/mol. The van der Waals surface area contributed by atoms with E-state index < -0.39 is 0 Å². The van der Waals surface area contributed by atoms with E-state index in [4.69, 9.17) is 9.47 Å². The summed E-state index contributed by atoms with van der Waals surface area (Å²) in [4.78, 5) is 2.32. The fourth-order valence-electron chi connectivity index (χ4n) is 2.00. The van der Waals surface area contributed by atoms with E-state index in [0.29, 0.717) is 6.04 Å². The van der Waals surface area contributed by atoms with Gasteiger partial charge in [-0.15, -0.1) is 0 Å². The first-order chi connectivity index (χ1) is 9.49. The van der Waals surface area contributed by atoms with Gasteiger partial charge in [-0.1, -0.05) is 0 Å². The number of nitrogens with one attached hydrogen (secondary N) is 1. The van der Waals surface area contributed by atoms with Crippen molar-refractivity contribution in [3.05, 3.63) is 23.8 Å². The molecule has 0 radical (unpaired) electrons. The van der Waals surface area contributed by atoms with Gasteiger partial charge in [-0.25, -0.2) is 0 Å². The number of rotatable bonds is 8. The Bertz CT molecular complexity index is 407. The largest absolute Gasteiger partial charge is 0.497 e. The molecule has 1 N–H and O–H groups in total. The van der Waals surface area contributed by atoms with Crippen molar-refractivity contribution in [2.45, 2.75) is 32.9 Å². The molecule has 0 fully saturated rings. The van der Waals surface area contributed by atoms with E-state index in [0.717, 1.165) is 30.2 Å². The van der Waals surface area contributed by atoms with E-state index in [1.807, 2.05) is 18.2 Å². The van der Waals surface area contributed by atoms with Gasteiger partial charge < -0.3 is 19.7 Å². The summed E-state index contributed by atoms with van der Waals surface area (Å²) in [6, 6.07) is 6.69. The first-order valence-electron chi connectivity index (χ1n) is 7.15. The van der Waals surface area contributed by atoms with Gasteiger partial charge in [-0.2, -0.15) is 0 Å². The molecule has 20 heavy (non-hydrogen) atoms. The lowest BCUT2D eigenvalue weighted by atomic mass is 10.1. The van der Waals surface area contributed by atoms with Crippen LogP contribution >= 0.6 is 0 Å². The van der Waals surface area contributed by atoms with Crippen molar-refractivity contribution in [2.75, 3.05) is 34.4 Å². The normalized spacial score (nSPS) is 12.8. The van der Waals surface area contributed by atoms with Crippen LogP contribution in [0.25, 0.3) is 0 Å². The van der Waals surface area contributed by atoms with Crippen molar-refractivity contribution in [3.63, 3.8) is 0 Å². The van der Waals surface area contributed by atoms with Crippen LogP contribution in [-0.4, -0.2) is 45.3 Å². The van der Waals surface area contributed by atoms with Crippen LogP contribution in [0.15, 0.2) is 18.2 Å². The molecule has 4 heteroatoms. The van der Waals surface area contributed by atoms with Gasteiger partial charge in [0.15, 0.2) is 0 Å². The zero-order valence-corrected chi connectivity index (χ0v) is 13.6. The maximum Gasteiger partial charge on any atom is 0.123 e. The molecule has 0 spiro atoms. The van der Waals surface area contributed by atoms with Gasteiger partial charge in [0.1, 0.15) is 11.5 Å². The fourth-order valence-corrected chi connectivity index (χ4v) is 2.00. The third-order valence-electron chi connectivity index (χ3n) is 3.70. The highest BCUT2D eigenvalue weighted by Gasteiger charge is 2.12. The van der Waals surface area contributed by atoms with Crippen LogP contribution in [0.2, 0.25) is 0 Å². The Labute approximate surface area is 123 Å². The number of methoxy groups -OCH3 is 2. The highest BCUT2D eigenvalue weighted by molar-refractivity contribution is 5.42. The van der Waals surface area contributed by atoms with E-state index in [1.165, 1.54) is 0 Å². The standard InChI is InChI=1S/C16H28N2O2/c1-12(2)18(4)10-9-17-13(3)15-11-14(19-5)7-8-16(15)20-6/h7-8,11-13,17H,9-10H2,1-6H3. The lowest BCUT2D eigenvalue weighted by Gasteiger charge is -2.23. The fraction of sp³-hybridized carbons (Fsp3) is 0.625. The van der Waals surface area contributed by atoms with Gasteiger partial charge in [0.2, 0.25) is 0 Å². The highest BCUT2D eigenvalue weighted by Crippen LogP contribution is 2.28. The molecule has 1 aromatic carbocycles. The molecule has 1 aromatic rings. The zero-order chi connectivity index (χ0) is 15.1. The zero-order valence-electron chi connectivity index (χ0n) is 13.6. The summed E-state index contributed by atoms with van der Waals surface area (Å²) in [6.07, 6.45) is 0. The second-order valence-corrected chi connectivity index (χ2v) is 5.36. The predicted octanol–water partition coefficient (Wildman–Crippen LogP) is 2.69. The number of benzene rings is 1. The maximum absolute atomic E-state index is 5.43. The minimum atomic E-state index is 0.223. The summed E-state index contributed by atoms with van der Waals surface area (Å²) in [6.45, 7) is 8.51. The first-order valence-corrected chi connectivity index (χ1v) is 7.15. The van der Waals surface area contributed by atoms with Crippen LogP contribution in [-0.2, 0) is 0 Å². The van der Waals surface area contributed by atoms with Gasteiger partial charge in [-0.3, -0.25) is 0 Å². The molecule has 0 aromatic heterocycles. The third kappa shape index (κ3) is 4.69. The van der Waals surface area contributed by atoms with Crippen LogP contribution in [0.3, 0.4) is 0 Å². The number of ether oxygens (including phenoxy) is 2. The van der Waals surface area contributed by atoms with Crippen molar-refractivity contribution >= 4 is 0 Å². The van der Waals surface area contributed by atoms with E-state index in [-0.39, 0.29) is 6.04 Å². The Hall–Kier alpha value is -1.26. The lowest BCUT2D eigenvalue weighted by Crippen LogP contribution is -2.34. The topological polar surface area (TPSA) is 33.7 Å². The van der Waals surface area contributed by atoms with Gasteiger partial charge in [0.05, 0.1) is 14.2 Å². The second kappa shape index (κ2) is 8.12. The molecule has 0 heterocycles. The Morgan fingerprint density at radius 1 is 1.15 bits per heavy atom. The molecule has 0 aliphatic rings. The second-order valence-electron chi connectivity index (χ2n) is 5.36. The van der Waals surface area contributed by atoms with Crippen LogP contribution in [0.4, 0.5) is 0 Å². The van der Waals surface area contributed by atoms with Crippen LogP contribution in [0.5, 0.6) is 11.5 Å². The molecule has 1 rings (SSSR count). The maximum atomic E-state index is 5.43. The molecule has 1 atom stereocenters. The number of nitrogens with zero attached hydrogens (tertiary/aromatic N) is 1. The minimum Gasteiger partial charge on any atom is -0.497 e. The SMILES string of the molecule is COc1ccc(OC)c(C(C)NCCN(C)C(C)C)c1. The monoisotopic (exact) mass is 280 g/mol. The van der Waals surface area contributed by atoms with Crippen LogP contribution < -0.4 is 14.8 Å². The molecular formula is C16H28N2O2. The van der Waals surface area contributed by atoms with Gasteiger partial charge >= 0.3 is 0 Å². The van der Waals surface area contributed by atoms with E-state index in [1.54, 1.807) is 14.2 Å². The van der Waals surface area contributed by atoms with E-state index in [9.17, 15) is 0 Å². The Morgan fingerprint density at radius 2 is 1.85 bits per heavy atom. The molecule has 0 aliphatic heterocycles. The predicted molar refractivity (Wildman–Crippen MR) is 83.7 cm³/mol. The summed E-state index contributed by atoms with van der Waals surface area (Å²) in [7, 11) is 5.52. The Morgan fingerprint density at radius 3 is 2.40 bits per heavy atom. The van der Waals surface area contributed by atoms with E-state index in [2.05, 4.69) is 38.0 Å². The Balaban J connectivity index is 2.64. The average Bonchev–Trinajstić information content (AvgIpc) is 2.45. The summed E-state index contributed by atoms with van der Waals surface area (Å²) in [5, 5.41) is 3.53. The van der Waals surface area contributed by atoms with Crippen LogP contribution in [0, 0.1) is 0 Å². The number of likely N-dealkylation sites (N-methyl/N-ethyl adjacent to an activating group) is 1. The quantitative estimate of drug-likeness (QED) is 0.794. The van der Waals surface area contributed by atoms with Gasteiger partial charge in [0.25, 0.3) is 0 Å². The summed E-state index contributed by atoms with van der Waals surface area (Å²) in [5.41, 5.74) is 1.12. The molecule has 0 saturated carbocycles. The van der Waals surface area contributed by atoms with Crippen molar-refractivity contribution in [2.24, 2.45) is 0 Å². The molecule has 0 aliphatic carbocycles. The molecule has 4 nitrogen and oxygen atoms in total. The molecule has 0 amide bonds. The minimum absolute atomic E-state index is 0.223. The van der Waals surface area contributed by atoms with Crippen LogP contribution in [0.1, 0.15) is 32.4 Å². The van der Waals surface area contributed by atoms with Crippen molar-refractivity contribution in [3.8, 4) is 11.5 Å². The summed E-state index contributed by atoms with van der Waals surface area (Å²) in [5.74, 6) is 1.75. The number of hydrogen-bond donors (Lipinski definition) is 1. The summed E-state index contributed by atoms with van der Waals surface area (Å²) < 4.78 is 10.7. The smallest absolute Gasteiger partial charge is 0.123 e. The van der Waals surface area contributed by atoms with Crippen molar-refractivity contribution in [1.29, 1.82) is 0 Å². The van der Waals surface area contributed by atoms with Crippen molar-refractivity contribution < 1.29 is 9.47 Å². The van der Waals surface area contributed by atoms with E-state index >= 15 is 0 Å². The highest BCUT2D eigenvalue weighted by atomic mass is 16.5. The molecule has 0 bridgehead atoms. The molecule has 0 saturated heterocycles. The van der Waals surface area contributed by atoms with Gasteiger partial charge in [0, 0.05) is 30.7 Å². The third-order valence-corrected chi connectivity index (χ3v) is 3.70. The van der Waals surface area contributed by atoms with Crippen molar-refractivity contribution in [1.82, 2.24) is 10.2 Å². The lowest BCUT2D eigenvalue weighted by molar-refractivity contribution is 0.269. The number of hydrogen-bond acceptors (Lipinski definition) is 4. The molecule has 114 valence electrons.